The molecule has 1 amide bonds. The molecular formula is C12H18N2O2. The topological polar surface area (TPSA) is 75.4 Å². The minimum Gasteiger partial charge on any atom is -0.508 e. The summed E-state index contributed by atoms with van der Waals surface area (Å²) in [4.78, 5) is 10.5. The third-order valence-corrected chi connectivity index (χ3v) is 2.29. The number of carbonyl (C=O) groups excluding carboxylic acids is 1. The van der Waals surface area contributed by atoms with Gasteiger partial charge in [0.25, 0.3) is 0 Å². The van der Waals surface area contributed by atoms with E-state index in [1.54, 1.807) is 12.1 Å². The van der Waals surface area contributed by atoms with Crippen molar-refractivity contribution >= 4 is 5.91 Å². The van der Waals surface area contributed by atoms with Gasteiger partial charge in [-0.3, -0.25) is 4.79 Å². The number of amides is 1. The van der Waals surface area contributed by atoms with E-state index in [-0.39, 0.29) is 11.7 Å². The minimum atomic E-state index is -0.237. The quantitative estimate of drug-likeness (QED) is 0.605. The predicted molar refractivity (Wildman–Crippen MR) is 62.9 cm³/mol. The average molecular weight is 222 g/mol. The first-order valence-corrected chi connectivity index (χ1v) is 5.45. The van der Waals surface area contributed by atoms with Crippen LogP contribution in [0.2, 0.25) is 0 Å². The molecule has 1 aromatic carbocycles. The molecule has 0 atom stereocenters. The second kappa shape index (κ2) is 6.85. The zero-order valence-electron chi connectivity index (χ0n) is 9.28. The molecule has 0 unspecified atom stereocenters. The molecule has 0 heterocycles. The van der Waals surface area contributed by atoms with Gasteiger partial charge in [-0.05, 0) is 37.1 Å². The summed E-state index contributed by atoms with van der Waals surface area (Å²) in [6.07, 6.45) is 2.24. The Morgan fingerprint density at radius 1 is 1.25 bits per heavy atom. The zero-order valence-corrected chi connectivity index (χ0v) is 9.28. The van der Waals surface area contributed by atoms with Crippen LogP contribution in [0.4, 0.5) is 0 Å². The number of primary amides is 1. The summed E-state index contributed by atoms with van der Waals surface area (Å²) in [5, 5.41) is 12.3. The highest BCUT2D eigenvalue weighted by Crippen LogP contribution is 2.09. The number of rotatable bonds is 7. The number of phenols is 1. The molecule has 88 valence electrons. The number of aromatic hydroxyl groups is 1. The van der Waals surface area contributed by atoms with Gasteiger partial charge >= 0.3 is 0 Å². The van der Waals surface area contributed by atoms with Gasteiger partial charge in [0.15, 0.2) is 0 Å². The molecule has 0 fully saturated rings. The molecule has 0 radical (unpaired) electrons. The van der Waals surface area contributed by atoms with Crippen LogP contribution in [0.15, 0.2) is 24.3 Å². The van der Waals surface area contributed by atoms with E-state index in [1.165, 1.54) is 0 Å². The van der Waals surface area contributed by atoms with Gasteiger partial charge < -0.3 is 16.2 Å². The van der Waals surface area contributed by atoms with Crippen LogP contribution in [0, 0.1) is 0 Å². The summed E-state index contributed by atoms with van der Waals surface area (Å²) in [6.45, 7) is 1.64. The molecule has 4 nitrogen and oxygen atoms in total. The Bertz CT molecular complexity index is 322. The van der Waals surface area contributed by atoms with E-state index in [4.69, 9.17) is 10.8 Å². The molecule has 4 heteroatoms. The lowest BCUT2D eigenvalue weighted by Gasteiger charge is -2.04. The molecule has 0 saturated heterocycles. The summed E-state index contributed by atoms with van der Waals surface area (Å²) in [7, 11) is 0. The van der Waals surface area contributed by atoms with E-state index >= 15 is 0 Å². The number of nitrogens with one attached hydrogen (secondary N) is 1. The molecule has 0 bridgehead atoms. The number of phenolic OH excluding ortho intramolecular Hbond substituents is 1. The Hall–Kier alpha value is -1.55. The van der Waals surface area contributed by atoms with E-state index in [9.17, 15) is 4.79 Å². The molecule has 0 saturated carbocycles. The first-order valence-electron chi connectivity index (χ1n) is 5.45. The van der Waals surface area contributed by atoms with Crippen molar-refractivity contribution in [2.45, 2.75) is 25.8 Å². The van der Waals surface area contributed by atoms with Gasteiger partial charge in [-0.2, -0.15) is 0 Å². The lowest BCUT2D eigenvalue weighted by atomic mass is 10.2. The number of unbranched alkanes of at least 4 members (excludes halogenated alkanes) is 1. The molecule has 0 spiro atoms. The van der Waals surface area contributed by atoms with Crippen molar-refractivity contribution in [1.82, 2.24) is 5.32 Å². The second-order valence-corrected chi connectivity index (χ2v) is 3.77. The third kappa shape index (κ3) is 5.36. The van der Waals surface area contributed by atoms with Gasteiger partial charge in [-0.25, -0.2) is 0 Å². The summed E-state index contributed by atoms with van der Waals surface area (Å²) >= 11 is 0. The fourth-order valence-electron chi connectivity index (χ4n) is 1.40. The SMILES string of the molecule is NC(=O)CCCCNCc1ccc(O)cc1. The molecule has 0 aliphatic heterocycles. The lowest BCUT2D eigenvalue weighted by molar-refractivity contribution is -0.118. The van der Waals surface area contributed by atoms with Crippen LogP contribution >= 0.6 is 0 Å². The van der Waals surface area contributed by atoms with Crippen molar-refractivity contribution in [3.05, 3.63) is 29.8 Å². The highest BCUT2D eigenvalue weighted by molar-refractivity contribution is 5.73. The van der Waals surface area contributed by atoms with E-state index in [1.807, 2.05) is 12.1 Å². The van der Waals surface area contributed by atoms with Crippen molar-refractivity contribution in [1.29, 1.82) is 0 Å². The van der Waals surface area contributed by atoms with Crippen molar-refractivity contribution in [3.8, 4) is 5.75 Å². The smallest absolute Gasteiger partial charge is 0.217 e. The maximum Gasteiger partial charge on any atom is 0.217 e. The fraction of sp³-hybridized carbons (Fsp3) is 0.417. The minimum absolute atomic E-state index is 0.237. The monoisotopic (exact) mass is 222 g/mol. The van der Waals surface area contributed by atoms with Crippen LogP contribution in [0.1, 0.15) is 24.8 Å². The number of nitrogens with two attached hydrogens (primary N) is 1. The van der Waals surface area contributed by atoms with Crippen LogP contribution in [0.25, 0.3) is 0 Å². The van der Waals surface area contributed by atoms with Gasteiger partial charge in [0.05, 0.1) is 0 Å². The van der Waals surface area contributed by atoms with Crippen LogP contribution < -0.4 is 11.1 Å². The zero-order chi connectivity index (χ0) is 11.8. The summed E-state index contributed by atoms with van der Waals surface area (Å²) in [5.74, 6) is 0.0451. The van der Waals surface area contributed by atoms with Crippen LogP contribution in [-0.4, -0.2) is 17.6 Å². The standard InChI is InChI=1S/C12H18N2O2/c13-12(16)3-1-2-8-14-9-10-4-6-11(15)7-5-10/h4-7,14-15H,1-3,8-9H2,(H2,13,16). The Morgan fingerprint density at radius 3 is 2.56 bits per heavy atom. The highest BCUT2D eigenvalue weighted by atomic mass is 16.3. The van der Waals surface area contributed by atoms with Crippen LogP contribution in [0.3, 0.4) is 0 Å². The highest BCUT2D eigenvalue weighted by Gasteiger charge is 1.95. The van der Waals surface area contributed by atoms with Gasteiger partial charge in [-0.1, -0.05) is 12.1 Å². The lowest BCUT2D eigenvalue weighted by Crippen LogP contribution is -2.16. The summed E-state index contributed by atoms with van der Waals surface area (Å²) < 4.78 is 0. The Labute approximate surface area is 95.5 Å². The second-order valence-electron chi connectivity index (χ2n) is 3.77. The summed E-state index contributed by atoms with van der Waals surface area (Å²) in [6, 6.07) is 7.10. The maximum atomic E-state index is 10.5. The van der Waals surface area contributed by atoms with Crippen LogP contribution in [-0.2, 0) is 11.3 Å². The van der Waals surface area contributed by atoms with Gasteiger partial charge in [0.1, 0.15) is 5.75 Å². The first-order chi connectivity index (χ1) is 7.68. The average Bonchev–Trinajstić information content (AvgIpc) is 2.25. The van der Waals surface area contributed by atoms with Crippen molar-refractivity contribution < 1.29 is 9.90 Å². The number of hydrogen-bond donors (Lipinski definition) is 3. The predicted octanol–water partition coefficient (Wildman–Crippen LogP) is 1.14. The fourth-order valence-corrected chi connectivity index (χ4v) is 1.40. The molecule has 0 aliphatic carbocycles. The molecule has 0 aromatic heterocycles. The van der Waals surface area contributed by atoms with E-state index in [2.05, 4.69) is 5.32 Å². The Balaban J connectivity index is 2.07. The van der Waals surface area contributed by atoms with Crippen molar-refractivity contribution in [3.63, 3.8) is 0 Å². The number of carbonyl (C=O) groups is 1. The Kier molecular flexibility index (Phi) is 5.36. The van der Waals surface area contributed by atoms with Gasteiger partial charge in [0.2, 0.25) is 5.91 Å². The molecule has 0 aliphatic rings. The number of hydrogen-bond acceptors (Lipinski definition) is 3. The first kappa shape index (κ1) is 12.5. The normalized spacial score (nSPS) is 10.2. The van der Waals surface area contributed by atoms with Crippen molar-refractivity contribution in [2.75, 3.05) is 6.54 Å². The van der Waals surface area contributed by atoms with E-state index < -0.39 is 0 Å². The molecule has 4 N–H and O–H groups in total. The number of benzene rings is 1. The van der Waals surface area contributed by atoms with Crippen molar-refractivity contribution in [2.24, 2.45) is 5.73 Å². The largest absolute Gasteiger partial charge is 0.508 e. The van der Waals surface area contributed by atoms with E-state index in [0.717, 1.165) is 31.5 Å². The third-order valence-electron chi connectivity index (χ3n) is 2.29. The maximum absolute atomic E-state index is 10.5. The van der Waals surface area contributed by atoms with E-state index in [0.29, 0.717) is 6.42 Å². The van der Waals surface area contributed by atoms with Gasteiger partial charge in [-0.15, -0.1) is 0 Å². The molecular weight excluding hydrogens is 204 g/mol. The van der Waals surface area contributed by atoms with Gasteiger partial charge in [0, 0.05) is 13.0 Å². The molecule has 1 rings (SSSR count). The summed E-state index contributed by atoms with van der Waals surface area (Å²) in [5.41, 5.74) is 6.16. The molecule has 16 heavy (non-hydrogen) atoms. The molecule has 1 aromatic rings. The van der Waals surface area contributed by atoms with Crippen LogP contribution in [0.5, 0.6) is 5.75 Å². The Morgan fingerprint density at radius 2 is 1.94 bits per heavy atom.